The van der Waals surface area contributed by atoms with Crippen LogP contribution in [-0.2, 0) is 0 Å². The molecule has 0 radical (unpaired) electrons. The van der Waals surface area contributed by atoms with Crippen LogP contribution in [0.2, 0.25) is 5.02 Å². The summed E-state index contributed by atoms with van der Waals surface area (Å²) in [6.45, 7) is 0. The normalized spacial score (nSPS) is 10.8. The van der Waals surface area contributed by atoms with Gasteiger partial charge in [0.05, 0.1) is 18.1 Å². The smallest absolute Gasteiger partial charge is 0.281 e. The Morgan fingerprint density at radius 3 is 2.47 bits per heavy atom. The van der Waals surface area contributed by atoms with E-state index in [1.54, 1.807) is 12.1 Å². The molecule has 2 aromatic rings. The number of benzene rings is 1. The number of alkyl halides is 2. The van der Waals surface area contributed by atoms with E-state index in [0.29, 0.717) is 16.3 Å². The van der Waals surface area contributed by atoms with E-state index in [-0.39, 0.29) is 5.75 Å². The quantitative estimate of drug-likeness (QED) is 0.895. The number of phenolic OH excluding ortho intramolecular Hbond substituents is 1. The van der Waals surface area contributed by atoms with Gasteiger partial charge in [-0.15, -0.1) is 0 Å². The van der Waals surface area contributed by atoms with Gasteiger partial charge in [-0.3, -0.25) is 9.97 Å². The molecule has 1 aromatic heterocycles. The average molecular weight is 257 g/mol. The molecule has 1 N–H and O–H groups in total. The number of phenols is 1. The van der Waals surface area contributed by atoms with Crippen LogP contribution in [0.1, 0.15) is 12.1 Å². The van der Waals surface area contributed by atoms with Crippen LogP contribution >= 0.6 is 11.6 Å². The summed E-state index contributed by atoms with van der Waals surface area (Å²) >= 11 is 5.68. The van der Waals surface area contributed by atoms with Crippen molar-refractivity contribution in [2.45, 2.75) is 6.43 Å². The number of halogens is 3. The van der Waals surface area contributed by atoms with Gasteiger partial charge in [-0.2, -0.15) is 0 Å². The maximum Gasteiger partial charge on any atom is 0.281 e. The zero-order valence-electron chi connectivity index (χ0n) is 8.44. The number of aromatic nitrogens is 2. The molecule has 0 saturated carbocycles. The average Bonchev–Trinajstić information content (AvgIpc) is 2.29. The van der Waals surface area contributed by atoms with Gasteiger partial charge in [0, 0.05) is 10.6 Å². The fraction of sp³-hybridized carbons (Fsp3) is 0.0909. The number of aromatic hydroxyl groups is 1. The van der Waals surface area contributed by atoms with Gasteiger partial charge in [0.2, 0.25) is 0 Å². The number of hydrogen-bond acceptors (Lipinski definition) is 3. The van der Waals surface area contributed by atoms with Gasteiger partial charge < -0.3 is 5.11 Å². The molecule has 1 aromatic carbocycles. The summed E-state index contributed by atoms with van der Waals surface area (Å²) < 4.78 is 24.5. The van der Waals surface area contributed by atoms with Gasteiger partial charge in [0.15, 0.2) is 0 Å². The van der Waals surface area contributed by atoms with Gasteiger partial charge in [-0.25, -0.2) is 8.78 Å². The van der Waals surface area contributed by atoms with Gasteiger partial charge in [0.25, 0.3) is 6.43 Å². The first-order valence-electron chi connectivity index (χ1n) is 4.67. The summed E-state index contributed by atoms with van der Waals surface area (Å²) in [5.74, 6) is -0.0726. The SMILES string of the molecule is Oc1cc(Cl)ccc1-c1cnc(C(F)F)cn1. The monoisotopic (exact) mass is 256 g/mol. The minimum atomic E-state index is -2.66. The Hall–Kier alpha value is -1.75. The van der Waals surface area contributed by atoms with Crippen molar-refractivity contribution in [3.05, 3.63) is 41.3 Å². The Labute approximate surface area is 101 Å². The van der Waals surface area contributed by atoms with Crippen LogP contribution in [-0.4, -0.2) is 15.1 Å². The molecule has 0 aliphatic carbocycles. The molecule has 0 spiro atoms. The summed E-state index contributed by atoms with van der Waals surface area (Å²) in [5.41, 5.74) is 0.300. The van der Waals surface area contributed by atoms with Gasteiger partial charge in [0.1, 0.15) is 11.4 Å². The topological polar surface area (TPSA) is 46.0 Å². The highest BCUT2D eigenvalue weighted by Gasteiger charge is 2.11. The Bertz CT molecular complexity index is 531. The predicted molar refractivity (Wildman–Crippen MR) is 59.1 cm³/mol. The first kappa shape index (κ1) is 11.7. The van der Waals surface area contributed by atoms with Crippen LogP contribution in [0.5, 0.6) is 5.75 Å². The lowest BCUT2D eigenvalue weighted by Gasteiger charge is -2.04. The molecule has 6 heteroatoms. The van der Waals surface area contributed by atoms with Crippen molar-refractivity contribution >= 4 is 11.6 Å². The molecule has 17 heavy (non-hydrogen) atoms. The van der Waals surface area contributed by atoms with Crippen molar-refractivity contribution in [3.8, 4) is 17.0 Å². The molecule has 0 atom stereocenters. The highest BCUT2D eigenvalue weighted by molar-refractivity contribution is 6.30. The number of nitrogens with zero attached hydrogens (tertiary/aromatic N) is 2. The summed E-state index contributed by atoms with van der Waals surface area (Å²) in [7, 11) is 0. The lowest BCUT2D eigenvalue weighted by molar-refractivity contribution is 0.145. The Kier molecular flexibility index (Phi) is 3.19. The van der Waals surface area contributed by atoms with E-state index in [4.69, 9.17) is 11.6 Å². The second-order valence-corrected chi connectivity index (χ2v) is 3.73. The van der Waals surface area contributed by atoms with E-state index in [1.165, 1.54) is 12.3 Å². The van der Waals surface area contributed by atoms with Crippen molar-refractivity contribution < 1.29 is 13.9 Å². The first-order chi connectivity index (χ1) is 8.08. The lowest BCUT2D eigenvalue weighted by atomic mass is 10.1. The number of hydrogen-bond donors (Lipinski definition) is 1. The standard InChI is InChI=1S/C11H7ClF2N2O/c12-6-1-2-7(10(17)3-6)8-4-16-9(5-15-8)11(13)14/h1-5,11,17H. The molecular formula is C11H7ClF2N2O. The molecule has 0 amide bonds. The van der Waals surface area contributed by atoms with Gasteiger partial charge >= 0.3 is 0 Å². The second kappa shape index (κ2) is 4.63. The maximum absolute atomic E-state index is 12.3. The molecule has 0 aliphatic rings. The van der Waals surface area contributed by atoms with E-state index in [9.17, 15) is 13.9 Å². The van der Waals surface area contributed by atoms with E-state index >= 15 is 0 Å². The summed E-state index contributed by atoms with van der Waals surface area (Å²) in [5, 5.41) is 10.0. The zero-order chi connectivity index (χ0) is 12.4. The van der Waals surface area contributed by atoms with Crippen molar-refractivity contribution in [3.63, 3.8) is 0 Å². The third-order valence-corrected chi connectivity index (χ3v) is 2.37. The van der Waals surface area contributed by atoms with Crippen LogP contribution in [0.25, 0.3) is 11.3 Å². The molecule has 0 unspecified atom stereocenters. The molecular weight excluding hydrogens is 250 g/mol. The summed E-state index contributed by atoms with van der Waals surface area (Å²) in [6, 6.07) is 4.46. The number of rotatable bonds is 2. The van der Waals surface area contributed by atoms with Crippen molar-refractivity contribution in [1.29, 1.82) is 0 Å². The molecule has 3 nitrogen and oxygen atoms in total. The molecule has 0 aliphatic heterocycles. The Balaban J connectivity index is 2.40. The molecule has 88 valence electrons. The van der Waals surface area contributed by atoms with Crippen LogP contribution in [0.15, 0.2) is 30.6 Å². The van der Waals surface area contributed by atoms with Crippen molar-refractivity contribution in [1.82, 2.24) is 9.97 Å². The highest BCUT2D eigenvalue weighted by Crippen LogP contribution is 2.30. The molecule has 0 fully saturated rings. The third kappa shape index (κ3) is 2.50. The largest absolute Gasteiger partial charge is 0.507 e. The zero-order valence-corrected chi connectivity index (χ0v) is 9.20. The van der Waals surface area contributed by atoms with Crippen molar-refractivity contribution in [2.24, 2.45) is 0 Å². The molecule has 1 heterocycles. The van der Waals surface area contributed by atoms with E-state index in [2.05, 4.69) is 9.97 Å². The lowest BCUT2D eigenvalue weighted by Crippen LogP contribution is -1.93. The van der Waals surface area contributed by atoms with Crippen LogP contribution in [0.3, 0.4) is 0 Å². The summed E-state index contributed by atoms with van der Waals surface area (Å²) in [4.78, 5) is 7.38. The minimum Gasteiger partial charge on any atom is -0.507 e. The first-order valence-corrected chi connectivity index (χ1v) is 5.04. The van der Waals surface area contributed by atoms with Crippen LogP contribution in [0, 0.1) is 0 Å². The predicted octanol–water partition coefficient (Wildman–Crippen LogP) is 3.44. The fourth-order valence-corrected chi connectivity index (χ4v) is 1.48. The van der Waals surface area contributed by atoms with E-state index < -0.39 is 12.1 Å². The van der Waals surface area contributed by atoms with E-state index in [0.717, 1.165) is 6.20 Å². The van der Waals surface area contributed by atoms with Crippen LogP contribution < -0.4 is 0 Å². The molecule has 2 rings (SSSR count). The second-order valence-electron chi connectivity index (χ2n) is 3.29. The van der Waals surface area contributed by atoms with E-state index in [1.807, 2.05) is 0 Å². The van der Waals surface area contributed by atoms with Crippen LogP contribution in [0.4, 0.5) is 8.78 Å². The van der Waals surface area contributed by atoms with Gasteiger partial charge in [-0.05, 0) is 18.2 Å². The van der Waals surface area contributed by atoms with Crippen molar-refractivity contribution in [2.75, 3.05) is 0 Å². The Morgan fingerprint density at radius 2 is 1.94 bits per heavy atom. The third-order valence-electron chi connectivity index (χ3n) is 2.13. The minimum absolute atomic E-state index is 0.0726. The summed E-state index contributed by atoms with van der Waals surface area (Å²) in [6.07, 6.45) is -0.492. The molecule has 0 saturated heterocycles. The maximum atomic E-state index is 12.3. The highest BCUT2D eigenvalue weighted by atomic mass is 35.5. The van der Waals surface area contributed by atoms with Gasteiger partial charge in [-0.1, -0.05) is 11.6 Å². The Morgan fingerprint density at radius 1 is 1.18 bits per heavy atom. The fourth-order valence-electron chi connectivity index (χ4n) is 1.31. The molecule has 0 bridgehead atoms.